The van der Waals surface area contributed by atoms with Crippen molar-refractivity contribution in [3.63, 3.8) is 0 Å². The third-order valence-electron chi connectivity index (χ3n) is 5.89. The smallest absolute Gasteiger partial charge is 0.141 e. The van der Waals surface area contributed by atoms with Crippen molar-refractivity contribution >= 4 is 0 Å². The average Bonchev–Trinajstić information content (AvgIpc) is 2.54. The summed E-state index contributed by atoms with van der Waals surface area (Å²) in [6.07, 6.45) is 8.50. The number of aromatic hydroxyl groups is 1. The highest BCUT2D eigenvalue weighted by Gasteiger charge is 2.45. The van der Waals surface area contributed by atoms with Crippen molar-refractivity contribution in [2.75, 3.05) is 0 Å². The highest BCUT2D eigenvalue weighted by atomic mass is 16.5. The molecule has 2 atom stereocenters. The van der Waals surface area contributed by atoms with Crippen LogP contribution in [0.1, 0.15) is 82.4 Å². The maximum Gasteiger partial charge on any atom is 0.141 e. The molecule has 3 rings (SSSR count). The molecule has 1 unspecified atom stereocenters. The first-order valence-electron chi connectivity index (χ1n) is 9.54. The number of aryl methyl sites for hydroxylation is 1. The predicted octanol–water partition coefficient (Wildman–Crippen LogP) is 5.61. The van der Waals surface area contributed by atoms with Gasteiger partial charge in [-0.15, -0.1) is 0 Å². The second kappa shape index (κ2) is 6.75. The van der Waals surface area contributed by atoms with E-state index in [1.807, 2.05) is 6.07 Å². The lowest BCUT2D eigenvalue weighted by molar-refractivity contribution is 0.0107. The molecule has 1 heterocycles. The maximum atomic E-state index is 10.9. The summed E-state index contributed by atoms with van der Waals surface area (Å²) in [5.41, 5.74) is 3.26. The molecule has 1 N–H and O–H groups in total. The van der Waals surface area contributed by atoms with Crippen molar-refractivity contribution in [1.29, 1.82) is 5.26 Å². The quantitative estimate of drug-likeness (QED) is 0.573. The van der Waals surface area contributed by atoms with Crippen LogP contribution in [0.25, 0.3) is 0 Å². The van der Waals surface area contributed by atoms with Gasteiger partial charge in [0.25, 0.3) is 0 Å². The monoisotopic (exact) mass is 339 g/mol. The molecule has 1 aromatic rings. The van der Waals surface area contributed by atoms with Crippen molar-refractivity contribution in [3.05, 3.63) is 34.4 Å². The minimum absolute atomic E-state index is 0.129. The molecular formula is C22H29NO2. The van der Waals surface area contributed by atoms with Crippen LogP contribution in [0.5, 0.6) is 11.5 Å². The molecular weight excluding hydrogens is 310 g/mol. The topological polar surface area (TPSA) is 53.2 Å². The number of allylic oxidation sites excluding steroid dienone is 2. The standard InChI is InChI=1S/C22H29NO2/c1-5-6-7-8-15-12-19-20(21(24)17(15)13-23)16-11-14(2)9-10-18(16)22(3,4)25-19/h11-12,16,18,24H,5-10H2,1-4H3/t16?,18-/m1/s1. The van der Waals surface area contributed by atoms with Gasteiger partial charge in [-0.1, -0.05) is 31.4 Å². The van der Waals surface area contributed by atoms with Crippen LogP contribution in [0.3, 0.4) is 0 Å². The number of phenolic OH excluding ortho intramolecular Hbond substituents is 1. The van der Waals surface area contributed by atoms with Crippen LogP contribution >= 0.6 is 0 Å². The summed E-state index contributed by atoms with van der Waals surface area (Å²) in [4.78, 5) is 0. The van der Waals surface area contributed by atoms with Gasteiger partial charge in [0.15, 0.2) is 0 Å². The third-order valence-corrected chi connectivity index (χ3v) is 5.89. The second-order valence-corrected chi connectivity index (χ2v) is 8.13. The van der Waals surface area contributed by atoms with Crippen LogP contribution in [0.2, 0.25) is 0 Å². The number of fused-ring (bicyclic) bond motifs is 3. The normalized spacial score (nSPS) is 23.7. The number of hydrogen-bond acceptors (Lipinski definition) is 3. The molecule has 0 amide bonds. The summed E-state index contributed by atoms with van der Waals surface area (Å²) < 4.78 is 6.35. The van der Waals surface area contributed by atoms with Crippen molar-refractivity contribution in [3.8, 4) is 17.6 Å². The zero-order valence-electron chi connectivity index (χ0n) is 15.9. The molecule has 2 aliphatic rings. The Bertz CT molecular complexity index is 739. The van der Waals surface area contributed by atoms with Gasteiger partial charge < -0.3 is 9.84 Å². The number of hydrogen-bond donors (Lipinski definition) is 1. The molecule has 0 saturated heterocycles. The first kappa shape index (κ1) is 17.9. The molecule has 3 heteroatoms. The fourth-order valence-electron chi connectivity index (χ4n) is 4.50. The van der Waals surface area contributed by atoms with E-state index in [9.17, 15) is 10.4 Å². The Morgan fingerprint density at radius 1 is 1.36 bits per heavy atom. The number of unbranched alkanes of at least 4 members (excludes halogenated alkanes) is 2. The molecule has 0 fully saturated rings. The lowest BCUT2D eigenvalue weighted by atomic mass is 9.67. The third kappa shape index (κ3) is 3.15. The van der Waals surface area contributed by atoms with E-state index in [1.54, 1.807) is 0 Å². The van der Waals surface area contributed by atoms with Crippen LogP contribution in [0.4, 0.5) is 0 Å². The summed E-state index contributed by atoms with van der Waals surface area (Å²) in [6, 6.07) is 4.26. The van der Waals surface area contributed by atoms with Gasteiger partial charge in [0.05, 0.1) is 5.56 Å². The van der Waals surface area contributed by atoms with Gasteiger partial charge in [0, 0.05) is 17.4 Å². The molecule has 0 spiro atoms. The molecule has 3 nitrogen and oxygen atoms in total. The molecule has 0 saturated carbocycles. The molecule has 1 aliphatic carbocycles. The zero-order chi connectivity index (χ0) is 18.2. The van der Waals surface area contributed by atoms with Gasteiger partial charge in [-0.05, 0) is 58.1 Å². The number of rotatable bonds is 4. The van der Waals surface area contributed by atoms with Crippen LogP contribution < -0.4 is 4.74 Å². The van der Waals surface area contributed by atoms with Gasteiger partial charge >= 0.3 is 0 Å². The highest BCUT2D eigenvalue weighted by Crippen LogP contribution is 2.54. The number of nitrogens with zero attached hydrogens (tertiary/aromatic N) is 1. The summed E-state index contributed by atoms with van der Waals surface area (Å²) in [7, 11) is 0. The lowest BCUT2D eigenvalue weighted by Gasteiger charge is -2.46. The minimum Gasteiger partial charge on any atom is -0.506 e. The summed E-state index contributed by atoms with van der Waals surface area (Å²) >= 11 is 0. The molecule has 1 aromatic carbocycles. The van der Waals surface area contributed by atoms with E-state index in [0.717, 1.165) is 55.4 Å². The van der Waals surface area contributed by atoms with Gasteiger partial charge in [0.2, 0.25) is 0 Å². The van der Waals surface area contributed by atoms with E-state index in [4.69, 9.17) is 4.74 Å². The van der Waals surface area contributed by atoms with Gasteiger partial charge in [0.1, 0.15) is 23.2 Å². The van der Waals surface area contributed by atoms with Crippen molar-refractivity contribution < 1.29 is 9.84 Å². The Kier molecular flexibility index (Phi) is 4.82. The van der Waals surface area contributed by atoms with E-state index in [2.05, 4.69) is 39.8 Å². The Balaban J connectivity index is 2.12. The Hall–Kier alpha value is -1.95. The maximum absolute atomic E-state index is 10.9. The Labute approximate surface area is 151 Å². The Morgan fingerprint density at radius 2 is 2.12 bits per heavy atom. The molecule has 0 bridgehead atoms. The van der Waals surface area contributed by atoms with E-state index in [-0.39, 0.29) is 17.3 Å². The van der Waals surface area contributed by atoms with E-state index >= 15 is 0 Å². The molecule has 0 aromatic heterocycles. The first-order chi connectivity index (χ1) is 11.9. The van der Waals surface area contributed by atoms with Crippen molar-refractivity contribution in [2.45, 2.75) is 77.7 Å². The SMILES string of the molecule is CCCCCc1cc2c(c(O)c1C#N)C1C=C(C)CC[C@H]1C(C)(C)O2. The van der Waals surface area contributed by atoms with Crippen LogP contribution in [-0.4, -0.2) is 10.7 Å². The number of ether oxygens (including phenoxy) is 1. The van der Waals surface area contributed by atoms with E-state index in [0.29, 0.717) is 11.5 Å². The fourth-order valence-corrected chi connectivity index (χ4v) is 4.50. The van der Waals surface area contributed by atoms with Gasteiger partial charge in [-0.3, -0.25) is 0 Å². The first-order valence-corrected chi connectivity index (χ1v) is 9.54. The largest absolute Gasteiger partial charge is 0.506 e. The molecule has 134 valence electrons. The second-order valence-electron chi connectivity index (χ2n) is 8.13. The number of nitriles is 1. The molecule has 25 heavy (non-hydrogen) atoms. The summed E-state index contributed by atoms with van der Waals surface area (Å²) in [5, 5.41) is 20.6. The van der Waals surface area contributed by atoms with E-state index < -0.39 is 0 Å². The Morgan fingerprint density at radius 3 is 2.80 bits per heavy atom. The average molecular weight is 339 g/mol. The number of phenols is 1. The lowest BCUT2D eigenvalue weighted by Crippen LogP contribution is -2.45. The van der Waals surface area contributed by atoms with Crippen LogP contribution in [0.15, 0.2) is 17.7 Å². The van der Waals surface area contributed by atoms with Crippen LogP contribution in [-0.2, 0) is 6.42 Å². The zero-order valence-corrected chi connectivity index (χ0v) is 15.9. The predicted molar refractivity (Wildman–Crippen MR) is 100.0 cm³/mol. The molecule has 0 radical (unpaired) electrons. The van der Waals surface area contributed by atoms with E-state index in [1.165, 1.54) is 5.57 Å². The highest BCUT2D eigenvalue weighted by molar-refractivity contribution is 5.62. The minimum atomic E-state index is -0.268. The molecule has 1 aliphatic heterocycles. The number of benzene rings is 1. The van der Waals surface area contributed by atoms with Gasteiger partial charge in [-0.25, -0.2) is 0 Å². The fraction of sp³-hybridized carbons (Fsp3) is 0.591. The van der Waals surface area contributed by atoms with Crippen LogP contribution in [0, 0.1) is 17.2 Å². The summed E-state index contributed by atoms with van der Waals surface area (Å²) in [6.45, 7) is 8.61. The van der Waals surface area contributed by atoms with Gasteiger partial charge in [-0.2, -0.15) is 5.26 Å². The van der Waals surface area contributed by atoms with Crippen molar-refractivity contribution in [2.24, 2.45) is 5.92 Å². The summed E-state index contributed by atoms with van der Waals surface area (Å²) in [5.74, 6) is 1.36. The van der Waals surface area contributed by atoms with Crippen molar-refractivity contribution in [1.82, 2.24) is 0 Å².